The predicted octanol–water partition coefficient (Wildman–Crippen LogP) is 0.0286. The van der Waals surface area contributed by atoms with Gasteiger partial charge in [-0.3, -0.25) is 15.0 Å². The molecule has 0 spiro atoms. The largest absolute Gasteiger partial charge is 0.508 e. The molecular weight excluding hydrogens is 224 g/mol. The molecule has 6 heteroatoms. The second-order valence-corrected chi connectivity index (χ2v) is 3.59. The van der Waals surface area contributed by atoms with Gasteiger partial charge in [0.05, 0.1) is 0 Å². The van der Waals surface area contributed by atoms with Crippen molar-refractivity contribution in [2.24, 2.45) is 0 Å². The number of amides is 1. The smallest absolute Gasteiger partial charge is 0.322 e. The quantitative estimate of drug-likeness (QED) is 0.542. The van der Waals surface area contributed by atoms with E-state index in [0.717, 1.165) is 0 Å². The highest BCUT2D eigenvalue weighted by molar-refractivity contribution is 5.76. The zero-order chi connectivity index (χ0) is 12.8. The summed E-state index contributed by atoms with van der Waals surface area (Å²) in [5.74, 6) is -1.37. The van der Waals surface area contributed by atoms with Crippen LogP contribution < -0.4 is 10.9 Å². The van der Waals surface area contributed by atoms with Crippen LogP contribution in [0.15, 0.2) is 24.3 Å². The molecule has 0 bridgehead atoms. The number of aromatic hydroxyl groups is 1. The summed E-state index contributed by atoms with van der Waals surface area (Å²) in [7, 11) is 0. The van der Waals surface area contributed by atoms with Crippen molar-refractivity contribution in [3.63, 3.8) is 0 Å². The molecule has 1 rings (SSSR count). The van der Waals surface area contributed by atoms with E-state index >= 15 is 0 Å². The van der Waals surface area contributed by atoms with E-state index in [1.807, 2.05) is 0 Å². The molecule has 0 aliphatic heterocycles. The van der Waals surface area contributed by atoms with Gasteiger partial charge in [-0.15, -0.1) is 0 Å². The Morgan fingerprint density at radius 2 is 2.12 bits per heavy atom. The van der Waals surface area contributed by atoms with Crippen LogP contribution in [0, 0.1) is 0 Å². The Kier molecular flexibility index (Phi) is 4.47. The van der Waals surface area contributed by atoms with Gasteiger partial charge in [0.1, 0.15) is 11.8 Å². The number of carboxylic acids is 1. The molecule has 17 heavy (non-hydrogen) atoms. The Bertz CT molecular complexity index is 420. The first-order valence-electron chi connectivity index (χ1n) is 5.02. The van der Waals surface area contributed by atoms with E-state index in [0.29, 0.717) is 5.56 Å². The monoisotopic (exact) mass is 238 g/mol. The van der Waals surface area contributed by atoms with Crippen molar-refractivity contribution >= 4 is 11.9 Å². The lowest BCUT2D eigenvalue weighted by Crippen LogP contribution is -2.48. The average Bonchev–Trinajstić information content (AvgIpc) is 2.23. The number of carbonyl (C=O) groups is 2. The Balaban J connectivity index is 2.66. The first-order valence-corrected chi connectivity index (χ1v) is 5.02. The van der Waals surface area contributed by atoms with E-state index < -0.39 is 12.0 Å². The van der Waals surface area contributed by atoms with Gasteiger partial charge in [0.2, 0.25) is 5.91 Å². The summed E-state index contributed by atoms with van der Waals surface area (Å²) in [4.78, 5) is 21.6. The molecule has 0 heterocycles. The highest BCUT2D eigenvalue weighted by Crippen LogP contribution is 2.12. The Labute approximate surface area is 98.2 Å². The lowest BCUT2D eigenvalue weighted by atomic mass is 10.1. The number of hydrogen-bond acceptors (Lipinski definition) is 4. The normalized spacial score (nSPS) is 11.8. The summed E-state index contributed by atoms with van der Waals surface area (Å²) in [5, 5.41) is 18.2. The maximum absolute atomic E-state index is 10.9. The molecule has 6 nitrogen and oxygen atoms in total. The molecule has 1 aromatic rings. The maximum Gasteiger partial charge on any atom is 0.322 e. The number of phenolic OH excluding ortho intramolecular Hbond substituents is 1. The third-order valence-electron chi connectivity index (χ3n) is 2.07. The lowest BCUT2D eigenvalue weighted by Gasteiger charge is -2.14. The molecule has 1 atom stereocenters. The number of carbonyl (C=O) groups excluding carboxylic acids is 1. The second-order valence-electron chi connectivity index (χ2n) is 3.59. The Hall–Kier alpha value is -2.08. The van der Waals surface area contributed by atoms with Crippen LogP contribution in [0.4, 0.5) is 0 Å². The van der Waals surface area contributed by atoms with Crippen molar-refractivity contribution in [1.29, 1.82) is 0 Å². The minimum absolute atomic E-state index is 0.0752. The molecule has 0 aromatic heterocycles. The van der Waals surface area contributed by atoms with Gasteiger partial charge >= 0.3 is 5.97 Å². The van der Waals surface area contributed by atoms with E-state index in [1.54, 1.807) is 12.1 Å². The molecule has 1 aromatic carbocycles. The summed E-state index contributed by atoms with van der Waals surface area (Å²) < 4.78 is 0. The molecule has 0 radical (unpaired) electrons. The van der Waals surface area contributed by atoms with Crippen molar-refractivity contribution in [3.8, 4) is 5.75 Å². The van der Waals surface area contributed by atoms with Crippen LogP contribution in [0.25, 0.3) is 0 Å². The minimum atomic E-state index is -1.08. The van der Waals surface area contributed by atoms with Gasteiger partial charge < -0.3 is 10.2 Å². The molecule has 0 aliphatic carbocycles. The van der Waals surface area contributed by atoms with E-state index in [4.69, 9.17) is 5.11 Å². The highest BCUT2D eigenvalue weighted by Gasteiger charge is 2.17. The zero-order valence-electron chi connectivity index (χ0n) is 9.30. The zero-order valence-corrected chi connectivity index (χ0v) is 9.30. The maximum atomic E-state index is 10.9. The van der Waals surface area contributed by atoms with Crippen LogP contribution in [-0.2, 0) is 16.0 Å². The van der Waals surface area contributed by atoms with Gasteiger partial charge in [-0.2, -0.15) is 0 Å². The topological polar surface area (TPSA) is 98.7 Å². The van der Waals surface area contributed by atoms with Crippen LogP contribution >= 0.6 is 0 Å². The van der Waals surface area contributed by atoms with Crippen LogP contribution in [-0.4, -0.2) is 28.1 Å². The summed E-state index contributed by atoms with van der Waals surface area (Å²) in [6, 6.07) is 5.36. The molecule has 0 saturated carbocycles. The minimum Gasteiger partial charge on any atom is -0.508 e. The number of phenols is 1. The first kappa shape index (κ1) is 13.0. The number of benzene rings is 1. The summed E-state index contributed by atoms with van der Waals surface area (Å²) >= 11 is 0. The van der Waals surface area contributed by atoms with Crippen molar-refractivity contribution in [2.45, 2.75) is 19.4 Å². The number of hydrogen-bond donors (Lipinski definition) is 4. The number of carboxylic acid groups (broad SMARTS) is 1. The fraction of sp³-hybridized carbons (Fsp3) is 0.273. The number of aliphatic carboxylic acids is 1. The SMILES string of the molecule is CC(=O)NN[C@@H](Cc1cccc(O)c1)C(=O)O. The molecule has 92 valence electrons. The summed E-state index contributed by atoms with van der Waals surface area (Å²) in [6.45, 7) is 1.28. The molecule has 0 aliphatic rings. The number of nitrogens with one attached hydrogen (secondary N) is 2. The van der Waals surface area contributed by atoms with Crippen LogP contribution in [0.1, 0.15) is 12.5 Å². The second kappa shape index (κ2) is 5.86. The highest BCUT2D eigenvalue weighted by atomic mass is 16.4. The molecule has 4 N–H and O–H groups in total. The molecule has 1 amide bonds. The van der Waals surface area contributed by atoms with E-state index in [2.05, 4.69) is 10.9 Å². The Morgan fingerprint density at radius 1 is 1.41 bits per heavy atom. The van der Waals surface area contributed by atoms with Gasteiger partial charge in [0, 0.05) is 13.3 Å². The van der Waals surface area contributed by atoms with E-state index in [1.165, 1.54) is 19.1 Å². The van der Waals surface area contributed by atoms with Crippen molar-refractivity contribution in [3.05, 3.63) is 29.8 Å². The van der Waals surface area contributed by atoms with E-state index in [9.17, 15) is 14.7 Å². The van der Waals surface area contributed by atoms with Crippen LogP contribution in [0.3, 0.4) is 0 Å². The predicted molar refractivity (Wildman–Crippen MR) is 60.2 cm³/mol. The third-order valence-corrected chi connectivity index (χ3v) is 2.07. The van der Waals surface area contributed by atoms with Gasteiger partial charge in [-0.1, -0.05) is 12.1 Å². The van der Waals surface area contributed by atoms with Crippen LogP contribution in [0.2, 0.25) is 0 Å². The van der Waals surface area contributed by atoms with Crippen LogP contribution in [0.5, 0.6) is 5.75 Å². The van der Waals surface area contributed by atoms with Crippen molar-refractivity contribution in [1.82, 2.24) is 10.9 Å². The lowest BCUT2D eigenvalue weighted by molar-refractivity contribution is -0.140. The molecule has 0 unspecified atom stereocenters. The fourth-order valence-electron chi connectivity index (χ4n) is 1.31. The fourth-order valence-corrected chi connectivity index (χ4v) is 1.31. The van der Waals surface area contributed by atoms with Crippen molar-refractivity contribution in [2.75, 3.05) is 0 Å². The summed E-state index contributed by atoms with van der Waals surface area (Å²) in [6.07, 6.45) is 0.157. The number of rotatable bonds is 5. The average molecular weight is 238 g/mol. The van der Waals surface area contributed by atoms with Gasteiger partial charge in [0.15, 0.2) is 0 Å². The third kappa shape index (κ3) is 4.52. The first-order chi connectivity index (χ1) is 7.99. The molecular formula is C11H14N2O4. The van der Waals surface area contributed by atoms with Gasteiger partial charge in [-0.05, 0) is 17.7 Å². The van der Waals surface area contributed by atoms with E-state index in [-0.39, 0.29) is 18.1 Å². The Morgan fingerprint density at radius 3 is 2.65 bits per heavy atom. The van der Waals surface area contributed by atoms with Gasteiger partial charge in [-0.25, -0.2) is 5.43 Å². The standard InChI is InChI=1S/C11H14N2O4/c1-7(14)12-13-10(11(16)17)6-8-3-2-4-9(15)5-8/h2-5,10,13,15H,6H2,1H3,(H,12,14)(H,16,17)/t10-/m0/s1. The molecule has 0 saturated heterocycles. The van der Waals surface area contributed by atoms with Gasteiger partial charge in [0.25, 0.3) is 0 Å². The van der Waals surface area contributed by atoms with Crippen molar-refractivity contribution < 1.29 is 19.8 Å². The molecule has 0 fully saturated rings. The number of hydrazine groups is 1. The summed E-state index contributed by atoms with van der Waals surface area (Å²) in [5.41, 5.74) is 5.30.